The van der Waals surface area contributed by atoms with E-state index in [2.05, 4.69) is 0 Å². The van der Waals surface area contributed by atoms with Gasteiger partial charge in [-0.15, -0.1) is 0 Å². The van der Waals surface area contributed by atoms with Crippen LogP contribution in [0.4, 0.5) is 4.39 Å². The molecule has 0 saturated heterocycles. The summed E-state index contributed by atoms with van der Waals surface area (Å²) in [7, 11) is 0. The second-order valence-corrected chi connectivity index (χ2v) is 3.23. The molecule has 1 aromatic rings. The first-order valence-corrected chi connectivity index (χ1v) is 4.44. The van der Waals surface area contributed by atoms with Gasteiger partial charge >= 0.3 is 0 Å². The summed E-state index contributed by atoms with van der Waals surface area (Å²) in [4.78, 5) is 10.6. The van der Waals surface area contributed by atoms with E-state index in [1.807, 2.05) is 0 Å². The van der Waals surface area contributed by atoms with Gasteiger partial charge in [0, 0.05) is 6.07 Å². The number of primary amides is 1. The van der Waals surface area contributed by atoms with Gasteiger partial charge in [-0.3, -0.25) is 4.79 Å². The van der Waals surface area contributed by atoms with E-state index in [-0.39, 0.29) is 6.61 Å². The maximum atomic E-state index is 12.8. The highest BCUT2D eigenvalue weighted by molar-refractivity contribution is 5.79. The molecule has 1 unspecified atom stereocenters. The van der Waals surface area contributed by atoms with Crippen molar-refractivity contribution in [1.82, 2.24) is 0 Å². The Morgan fingerprint density at radius 1 is 1.60 bits per heavy atom. The summed E-state index contributed by atoms with van der Waals surface area (Å²) < 4.78 is 18.0. The molecule has 0 radical (unpaired) electrons. The third kappa shape index (κ3) is 3.21. The van der Waals surface area contributed by atoms with Crippen molar-refractivity contribution in [3.05, 3.63) is 29.6 Å². The first-order chi connectivity index (χ1) is 7.00. The largest absolute Gasteiger partial charge is 0.491 e. The number of rotatable bonds is 4. The van der Waals surface area contributed by atoms with Crippen LogP contribution in [0.5, 0.6) is 5.75 Å². The lowest BCUT2D eigenvalue weighted by Crippen LogP contribution is -2.41. The van der Waals surface area contributed by atoms with Gasteiger partial charge in [0.15, 0.2) is 0 Å². The number of ether oxygens (including phenoxy) is 1. The molecule has 0 aliphatic heterocycles. The molecule has 0 heterocycles. The highest BCUT2D eigenvalue weighted by Crippen LogP contribution is 2.18. The van der Waals surface area contributed by atoms with Gasteiger partial charge < -0.3 is 16.2 Å². The fourth-order valence-electron chi connectivity index (χ4n) is 0.991. The maximum Gasteiger partial charge on any atom is 0.237 e. The highest BCUT2D eigenvalue weighted by atomic mass is 19.1. The summed E-state index contributed by atoms with van der Waals surface area (Å²) in [5.74, 6) is -0.681. The lowest BCUT2D eigenvalue weighted by Gasteiger charge is -2.11. The van der Waals surface area contributed by atoms with E-state index >= 15 is 0 Å². The van der Waals surface area contributed by atoms with Gasteiger partial charge in [0.2, 0.25) is 5.91 Å². The molecule has 1 amide bonds. The fraction of sp³-hybridized carbons (Fsp3) is 0.300. The van der Waals surface area contributed by atoms with E-state index in [0.29, 0.717) is 5.75 Å². The lowest BCUT2D eigenvalue weighted by molar-refractivity contribution is -0.119. The Hall–Kier alpha value is -1.62. The molecular weight excluding hydrogens is 199 g/mol. The zero-order valence-corrected chi connectivity index (χ0v) is 8.37. The Labute approximate surface area is 87.0 Å². The Bertz CT molecular complexity index is 368. The first kappa shape index (κ1) is 11.5. The highest BCUT2D eigenvalue weighted by Gasteiger charge is 2.10. The monoisotopic (exact) mass is 212 g/mol. The molecule has 0 aromatic heterocycles. The van der Waals surface area contributed by atoms with Gasteiger partial charge in [-0.1, -0.05) is 6.07 Å². The Balaban J connectivity index is 2.65. The molecule has 4 nitrogen and oxygen atoms in total. The van der Waals surface area contributed by atoms with Crippen molar-refractivity contribution in [1.29, 1.82) is 0 Å². The van der Waals surface area contributed by atoms with Crippen LogP contribution in [0, 0.1) is 12.7 Å². The number of carbonyl (C=O) groups excluding carboxylic acids is 1. The Morgan fingerprint density at radius 3 is 2.87 bits per heavy atom. The van der Waals surface area contributed by atoms with Gasteiger partial charge in [-0.25, -0.2) is 4.39 Å². The molecule has 4 N–H and O–H groups in total. The van der Waals surface area contributed by atoms with E-state index < -0.39 is 17.8 Å². The second kappa shape index (κ2) is 4.75. The van der Waals surface area contributed by atoms with Crippen molar-refractivity contribution in [3.63, 3.8) is 0 Å². The lowest BCUT2D eigenvalue weighted by atomic mass is 10.2. The minimum Gasteiger partial charge on any atom is -0.491 e. The number of halogens is 1. The molecule has 82 valence electrons. The number of benzene rings is 1. The summed E-state index contributed by atoms with van der Waals surface area (Å²) in [6.45, 7) is 1.71. The molecule has 0 bridgehead atoms. The van der Waals surface area contributed by atoms with Crippen molar-refractivity contribution in [2.75, 3.05) is 6.61 Å². The normalized spacial score (nSPS) is 12.2. The van der Waals surface area contributed by atoms with E-state index in [1.54, 1.807) is 13.0 Å². The third-order valence-electron chi connectivity index (χ3n) is 1.93. The summed E-state index contributed by atoms with van der Waals surface area (Å²) >= 11 is 0. The van der Waals surface area contributed by atoms with E-state index in [0.717, 1.165) is 5.56 Å². The number of hydrogen-bond donors (Lipinski definition) is 2. The van der Waals surface area contributed by atoms with Gasteiger partial charge in [-0.05, 0) is 18.6 Å². The minimum atomic E-state index is -0.882. The molecule has 0 aliphatic carbocycles. The topological polar surface area (TPSA) is 78.3 Å². The van der Waals surface area contributed by atoms with Crippen LogP contribution in [-0.2, 0) is 4.79 Å². The molecule has 1 rings (SSSR count). The number of nitrogens with two attached hydrogens (primary N) is 2. The maximum absolute atomic E-state index is 12.8. The zero-order chi connectivity index (χ0) is 11.4. The van der Waals surface area contributed by atoms with E-state index in [9.17, 15) is 9.18 Å². The summed E-state index contributed by atoms with van der Waals surface area (Å²) in [5, 5.41) is 0. The SMILES string of the molecule is Cc1ccc(F)cc1OCC(N)C(N)=O. The standard InChI is InChI=1S/C10H13FN2O2/c1-6-2-3-7(11)4-9(6)15-5-8(12)10(13)14/h2-4,8H,5,12H2,1H3,(H2,13,14). The van der Waals surface area contributed by atoms with Crippen LogP contribution in [0.2, 0.25) is 0 Å². The Kier molecular flexibility index (Phi) is 3.62. The van der Waals surface area contributed by atoms with Crippen LogP contribution < -0.4 is 16.2 Å². The Morgan fingerprint density at radius 2 is 2.27 bits per heavy atom. The molecule has 0 saturated carbocycles. The molecule has 0 fully saturated rings. The zero-order valence-electron chi connectivity index (χ0n) is 8.37. The number of carbonyl (C=O) groups is 1. The van der Waals surface area contributed by atoms with Gasteiger partial charge in [0.1, 0.15) is 24.2 Å². The molecule has 0 spiro atoms. The van der Waals surface area contributed by atoms with Crippen LogP contribution in [0.25, 0.3) is 0 Å². The van der Waals surface area contributed by atoms with Gasteiger partial charge in [0.05, 0.1) is 0 Å². The smallest absolute Gasteiger partial charge is 0.237 e. The predicted octanol–water partition coefficient (Wildman–Crippen LogP) is 0.326. The average Bonchev–Trinajstić information content (AvgIpc) is 2.18. The molecule has 1 atom stereocenters. The summed E-state index contributed by atoms with van der Waals surface area (Å²) in [6, 6.07) is 3.27. The van der Waals surface area contributed by atoms with Gasteiger partial charge in [0.25, 0.3) is 0 Å². The van der Waals surface area contributed by atoms with Crippen molar-refractivity contribution >= 4 is 5.91 Å². The fourth-order valence-corrected chi connectivity index (χ4v) is 0.991. The predicted molar refractivity (Wildman–Crippen MR) is 53.8 cm³/mol. The van der Waals surface area contributed by atoms with Crippen LogP contribution >= 0.6 is 0 Å². The quantitative estimate of drug-likeness (QED) is 0.754. The van der Waals surface area contributed by atoms with E-state index in [1.165, 1.54) is 12.1 Å². The van der Waals surface area contributed by atoms with Crippen LogP contribution in [-0.4, -0.2) is 18.6 Å². The third-order valence-corrected chi connectivity index (χ3v) is 1.93. The van der Waals surface area contributed by atoms with Crippen molar-refractivity contribution in [2.24, 2.45) is 11.5 Å². The number of hydrogen-bond acceptors (Lipinski definition) is 3. The van der Waals surface area contributed by atoms with Crippen molar-refractivity contribution in [3.8, 4) is 5.75 Å². The molecule has 1 aromatic carbocycles. The van der Waals surface area contributed by atoms with Crippen molar-refractivity contribution < 1.29 is 13.9 Å². The first-order valence-electron chi connectivity index (χ1n) is 4.44. The molecular formula is C10H13FN2O2. The average molecular weight is 212 g/mol. The van der Waals surface area contributed by atoms with Crippen LogP contribution in [0.3, 0.4) is 0 Å². The molecule has 15 heavy (non-hydrogen) atoms. The van der Waals surface area contributed by atoms with Gasteiger partial charge in [-0.2, -0.15) is 0 Å². The number of aryl methyl sites for hydroxylation is 1. The van der Waals surface area contributed by atoms with Crippen LogP contribution in [0.15, 0.2) is 18.2 Å². The molecule has 0 aliphatic rings. The number of amides is 1. The van der Waals surface area contributed by atoms with Crippen LogP contribution in [0.1, 0.15) is 5.56 Å². The molecule has 5 heteroatoms. The second-order valence-electron chi connectivity index (χ2n) is 3.23. The summed E-state index contributed by atoms with van der Waals surface area (Å²) in [5.41, 5.74) is 11.1. The summed E-state index contributed by atoms with van der Waals surface area (Å²) in [6.07, 6.45) is 0. The van der Waals surface area contributed by atoms with E-state index in [4.69, 9.17) is 16.2 Å². The minimum absolute atomic E-state index is 0.0559. The van der Waals surface area contributed by atoms with Crippen molar-refractivity contribution in [2.45, 2.75) is 13.0 Å².